The van der Waals surface area contributed by atoms with E-state index in [0.717, 1.165) is 37.7 Å². The number of piperidine rings is 1. The van der Waals surface area contributed by atoms with Gasteiger partial charge in [0, 0.05) is 33.4 Å². The van der Waals surface area contributed by atoms with E-state index in [0.29, 0.717) is 11.8 Å². The summed E-state index contributed by atoms with van der Waals surface area (Å²) in [6.07, 6.45) is 2.99. The van der Waals surface area contributed by atoms with Gasteiger partial charge in [0.2, 0.25) is 0 Å². The maximum absolute atomic E-state index is 4.47. The van der Waals surface area contributed by atoms with Crippen LogP contribution in [0.15, 0.2) is 47.6 Å². The summed E-state index contributed by atoms with van der Waals surface area (Å²) < 4.78 is 1.89. The fraction of sp³-hybridized carbons (Fsp3) is 0.474. The third-order valence-corrected chi connectivity index (χ3v) is 4.99. The molecule has 1 aromatic carbocycles. The van der Waals surface area contributed by atoms with Crippen molar-refractivity contribution in [2.75, 3.05) is 20.1 Å². The van der Waals surface area contributed by atoms with Crippen molar-refractivity contribution >= 4 is 29.9 Å². The molecule has 1 saturated heterocycles. The number of rotatable bonds is 3. The molecular weight excluding hydrogens is 425 g/mol. The molecule has 1 N–H and O–H groups in total. The molecule has 1 fully saturated rings. The van der Waals surface area contributed by atoms with E-state index in [4.69, 9.17) is 0 Å². The molecule has 1 aromatic heterocycles. The van der Waals surface area contributed by atoms with Crippen LogP contribution in [-0.4, -0.2) is 40.8 Å². The van der Waals surface area contributed by atoms with Crippen molar-refractivity contribution in [1.29, 1.82) is 0 Å². The lowest BCUT2D eigenvalue weighted by Crippen LogP contribution is -2.47. The van der Waals surface area contributed by atoms with Crippen molar-refractivity contribution in [2.24, 2.45) is 18.0 Å². The van der Waals surface area contributed by atoms with Gasteiger partial charge >= 0.3 is 0 Å². The number of aromatic nitrogens is 2. The van der Waals surface area contributed by atoms with E-state index in [2.05, 4.69) is 57.6 Å². The van der Waals surface area contributed by atoms with Gasteiger partial charge in [0.1, 0.15) is 0 Å². The minimum Gasteiger partial charge on any atom is -0.351 e. The normalized spacial score (nSPS) is 20.9. The van der Waals surface area contributed by atoms with E-state index in [1.54, 1.807) is 0 Å². The minimum absolute atomic E-state index is 0. The largest absolute Gasteiger partial charge is 0.351 e. The third kappa shape index (κ3) is 4.74. The summed E-state index contributed by atoms with van der Waals surface area (Å²) >= 11 is 0. The monoisotopic (exact) mass is 453 g/mol. The number of aliphatic imine (C=N–C) groups is 1. The summed E-state index contributed by atoms with van der Waals surface area (Å²) in [6, 6.07) is 12.9. The van der Waals surface area contributed by atoms with Crippen LogP contribution in [0.2, 0.25) is 0 Å². The molecule has 2 heterocycles. The topological polar surface area (TPSA) is 45.5 Å². The van der Waals surface area contributed by atoms with E-state index < -0.39 is 0 Å². The van der Waals surface area contributed by atoms with Crippen molar-refractivity contribution in [3.8, 4) is 0 Å². The van der Waals surface area contributed by atoms with Crippen molar-refractivity contribution < 1.29 is 0 Å². The molecule has 0 bridgehead atoms. The highest BCUT2D eigenvalue weighted by Crippen LogP contribution is 2.32. The zero-order chi connectivity index (χ0) is 16.9. The Bertz CT molecular complexity index is 682. The predicted octanol–water partition coefficient (Wildman–Crippen LogP) is 3.24. The summed E-state index contributed by atoms with van der Waals surface area (Å²) in [5.74, 6) is 2.23. The van der Waals surface area contributed by atoms with Gasteiger partial charge in [0.25, 0.3) is 0 Å². The van der Waals surface area contributed by atoms with Crippen LogP contribution < -0.4 is 5.32 Å². The highest BCUT2D eigenvalue weighted by molar-refractivity contribution is 14.0. The maximum Gasteiger partial charge on any atom is 0.193 e. The number of hydrogen-bond acceptors (Lipinski definition) is 2. The van der Waals surface area contributed by atoms with E-state index in [1.165, 1.54) is 5.56 Å². The van der Waals surface area contributed by atoms with Gasteiger partial charge < -0.3 is 10.2 Å². The number of halogens is 1. The Morgan fingerprint density at radius 2 is 2.04 bits per heavy atom. The van der Waals surface area contributed by atoms with Crippen molar-refractivity contribution in [2.45, 2.75) is 25.8 Å². The van der Waals surface area contributed by atoms with Crippen LogP contribution in [0.1, 0.15) is 30.5 Å². The zero-order valence-electron chi connectivity index (χ0n) is 15.2. The number of nitrogens with zero attached hydrogens (tertiary/aromatic N) is 4. The van der Waals surface area contributed by atoms with Crippen molar-refractivity contribution in [3.05, 3.63) is 53.9 Å². The molecule has 0 saturated carbocycles. The first-order valence-electron chi connectivity index (χ1n) is 8.66. The Morgan fingerprint density at radius 3 is 2.64 bits per heavy atom. The quantitative estimate of drug-likeness (QED) is 0.441. The summed E-state index contributed by atoms with van der Waals surface area (Å²) in [6.45, 7) is 5.16. The van der Waals surface area contributed by atoms with Gasteiger partial charge in [-0.15, -0.1) is 24.0 Å². The third-order valence-electron chi connectivity index (χ3n) is 4.99. The molecule has 0 aliphatic carbocycles. The summed E-state index contributed by atoms with van der Waals surface area (Å²) in [7, 11) is 3.83. The van der Waals surface area contributed by atoms with Crippen molar-refractivity contribution in [3.63, 3.8) is 0 Å². The molecule has 1 aliphatic heterocycles. The molecule has 0 amide bonds. The smallest absolute Gasteiger partial charge is 0.193 e. The molecule has 2 atom stereocenters. The van der Waals surface area contributed by atoms with Gasteiger partial charge in [0.05, 0.1) is 12.2 Å². The van der Waals surface area contributed by atoms with E-state index in [9.17, 15) is 0 Å². The lowest BCUT2D eigenvalue weighted by atomic mass is 9.82. The Balaban J connectivity index is 0.00000225. The predicted molar refractivity (Wildman–Crippen MR) is 113 cm³/mol. The molecule has 25 heavy (non-hydrogen) atoms. The van der Waals surface area contributed by atoms with Gasteiger partial charge in [0.15, 0.2) is 5.96 Å². The van der Waals surface area contributed by atoms with Crippen LogP contribution in [0, 0.1) is 5.92 Å². The van der Waals surface area contributed by atoms with Gasteiger partial charge in [-0.25, -0.2) is 0 Å². The fourth-order valence-electron chi connectivity index (χ4n) is 3.61. The molecule has 2 aromatic rings. The molecule has 3 rings (SSSR count). The van der Waals surface area contributed by atoms with Crippen LogP contribution in [0.4, 0.5) is 0 Å². The first-order valence-corrected chi connectivity index (χ1v) is 8.66. The van der Waals surface area contributed by atoms with E-state index in [-0.39, 0.29) is 24.0 Å². The lowest BCUT2D eigenvalue weighted by molar-refractivity contribution is 0.234. The first-order chi connectivity index (χ1) is 11.7. The van der Waals surface area contributed by atoms with Crippen LogP contribution >= 0.6 is 24.0 Å². The summed E-state index contributed by atoms with van der Waals surface area (Å²) in [4.78, 5) is 6.85. The van der Waals surface area contributed by atoms with Gasteiger partial charge in [-0.1, -0.05) is 37.3 Å². The van der Waals surface area contributed by atoms with Crippen LogP contribution in [0.3, 0.4) is 0 Å². The minimum atomic E-state index is 0. The summed E-state index contributed by atoms with van der Waals surface area (Å²) in [5, 5.41) is 7.68. The average molecular weight is 453 g/mol. The molecule has 2 unspecified atom stereocenters. The first kappa shape index (κ1) is 19.8. The van der Waals surface area contributed by atoms with Gasteiger partial charge in [-0.2, -0.15) is 5.10 Å². The number of guanidine groups is 1. The number of hydrogen-bond donors (Lipinski definition) is 1. The lowest BCUT2D eigenvalue weighted by Gasteiger charge is -2.38. The second-order valence-electron chi connectivity index (χ2n) is 6.58. The Labute approximate surface area is 167 Å². The molecule has 136 valence electrons. The van der Waals surface area contributed by atoms with E-state index >= 15 is 0 Å². The van der Waals surface area contributed by atoms with Gasteiger partial charge in [-0.05, 0) is 29.9 Å². The molecular formula is C19H28IN5. The Morgan fingerprint density at radius 1 is 1.28 bits per heavy atom. The molecule has 6 heteroatoms. The zero-order valence-corrected chi connectivity index (χ0v) is 17.6. The number of aryl methyl sites for hydroxylation is 1. The molecule has 0 radical (unpaired) electrons. The van der Waals surface area contributed by atoms with Gasteiger partial charge in [-0.3, -0.25) is 9.67 Å². The van der Waals surface area contributed by atoms with Crippen LogP contribution in [-0.2, 0) is 13.6 Å². The fourth-order valence-corrected chi connectivity index (χ4v) is 3.61. The molecule has 0 spiro atoms. The maximum atomic E-state index is 4.47. The SMILES string of the molecule is CN=C(NCc1ccnn1C)N1CCC(c2ccccc2)C(C)C1.I. The van der Waals surface area contributed by atoms with Crippen LogP contribution in [0.25, 0.3) is 0 Å². The second kappa shape index (κ2) is 9.22. The average Bonchev–Trinajstić information content (AvgIpc) is 3.01. The molecule has 5 nitrogen and oxygen atoms in total. The van der Waals surface area contributed by atoms with Crippen molar-refractivity contribution in [1.82, 2.24) is 20.0 Å². The number of benzene rings is 1. The van der Waals surface area contributed by atoms with E-state index in [1.807, 2.05) is 31.0 Å². The van der Waals surface area contributed by atoms with Crippen LogP contribution in [0.5, 0.6) is 0 Å². The second-order valence-corrected chi connectivity index (χ2v) is 6.58. The summed E-state index contributed by atoms with van der Waals surface area (Å²) in [5.41, 5.74) is 2.62. The highest BCUT2D eigenvalue weighted by atomic mass is 127. The molecule has 1 aliphatic rings. The standard InChI is InChI=1S/C19H27N5.HI/c1-15-14-24(12-10-18(15)16-7-5-4-6-8-16)19(20-2)21-13-17-9-11-22-23(17)3;/h4-9,11,15,18H,10,12-14H2,1-3H3,(H,20,21);1H. The Hall–Kier alpha value is -1.57. The number of nitrogens with one attached hydrogen (secondary N) is 1. The Kier molecular flexibility index (Phi) is 7.28. The highest BCUT2D eigenvalue weighted by Gasteiger charge is 2.28. The number of likely N-dealkylation sites (tertiary alicyclic amines) is 1.